The monoisotopic (exact) mass is 271 g/mol. The van der Waals surface area contributed by atoms with Crippen molar-refractivity contribution in [2.45, 2.75) is 23.5 Å². The summed E-state index contributed by atoms with van der Waals surface area (Å²) in [7, 11) is 4.15. The molecule has 0 aromatic heterocycles. The molecule has 2 heteroatoms. The van der Waals surface area contributed by atoms with E-state index in [4.69, 9.17) is 0 Å². The van der Waals surface area contributed by atoms with Gasteiger partial charge in [0.2, 0.25) is 0 Å². The molecule has 0 heterocycles. The number of nitrogens with zero attached hydrogens (tertiary/aromatic N) is 1. The zero-order valence-electron chi connectivity index (χ0n) is 11.8. The van der Waals surface area contributed by atoms with Crippen LogP contribution in [0, 0.1) is 0 Å². The molecule has 0 fully saturated rings. The number of anilines is 1. The first-order chi connectivity index (χ1) is 9.20. The van der Waals surface area contributed by atoms with E-state index in [-0.39, 0.29) is 0 Å². The highest BCUT2D eigenvalue weighted by molar-refractivity contribution is 7.99. The molecule has 2 rings (SSSR count). The number of rotatable bonds is 5. The fraction of sp³-hybridized carbons (Fsp3) is 0.294. The highest BCUT2D eigenvalue weighted by Gasteiger charge is 2.11. The van der Waals surface area contributed by atoms with E-state index in [2.05, 4.69) is 80.5 Å². The van der Waals surface area contributed by atoms with E-state index in [1.54, 1.807) is 0 Å². The van der Waals surface area contributed by atoms with E-state index in [1.807, 2.05) is 11.8 Å². The molecule has 0 aliphatic rings. The highest BCUT2D eigenvalue weighted by Crippen LogP contribution is 2.37. The predicted octanol–water partition coefficient (Wildman–Crippen LogP) is 5.00. The minimum atomic E-state index is 0.526. The van der Waals surface area contributed by atoms with Gasteiger partial charge in [-0.2, -0.15) is 0 Å². The van der Waals surface area contributed by atoms with E-state index in [0.29, 0.717) is 5.25 Å². The molecule has 0 spiro atoms. The molecule has 0 N–H and O–H groups in total. The van der Waals surface area contributed by atoms with Gasteiger partial charge >= 0.3 is 0 Å². The Labute approximate surface area is 120 Å². The van der Waals surface area contributed by atoms with Crippen LogP contribution in [0.2, 0.25) is 0 Å². The van der Waals surface area contributed by atoms with Crippen LogP contribution < -0.4 is 4.90 Å². The first-order valence-electron chi connectivity index (χ1n) is 6.69. The van der Waals surface area contributed by atoms with E-state index < -0.39 is 0 Å². The minimum Gasteiger partial charge on any atom is -0.378 e. The van der Waals surface area contributed by atoms with Crippen LogP contribution in [0.4, 0.5) is 5.69 Å². The molecule has 100 valence electrons. The van der Waals surface area contributed by atoms with Gasteiger partial charge in [-0.3, -0.25) is 0 Å². The van der Waals surface area contributed by atoms with Gasteiger partial charge in [0.1, 0.15) is 0 Å². The fourth-order valence-electron chi connectivity index (χ4n) is 2.04. The predicted molar refractivity (Wildman–Crippen MR) is 86.1 cm³/mol. The first-order valence-corrected chi connectivity index (χ1v) is 7.57. The molecule has 1 atom stereocenters. The van der Waals surface area contributed by atoms with Gasteiger partial charge in [-0.25, -0.2) is 0 Å². The van der Waals surface area contributed by atoms with Crippen LogP contribution in [0.25, 0.3) is 0 Å². The molecule has 0 saturated heterocycles. The van der Waals surface area contributed by atoms with Gasteiger partial charge in [-0.1, -0.05) is 37.3 Å². The smallest absolute Gasteiger partial charge is 0.0361 e. The SMILES string of the molecule is CCC(Sc1ccccc1)c1ccc(N(C)C)cc1. The van der Waals surface area contributed by atoms with Crippen molar-refractivity contribution in [1.29, 1.82) is 0 Å². The summed E-state index contributed by atoms with van der Waals surface area (Å²) < 4.78 is 0. The normalized spacial score (nSPS) is 12.2. The van der Waals surface area contributed by atoms with E-state index in [1.165, 1.54) is 16.1 Å². The molecule has 0 bridgehead atoms. The molecule has 1 nitrogen and oxygen atoms in total. The van der Waals surface area contributed by atoms with Crippen LogP contribution in [0.1, 0.15) is 24.2 Å². The molecule has 1 unspecified atom stereocenters. The molecule has 0 aliphatic heterocycles. The maximum absolute atomic E-state index is 2.25. The van der Waals surface area contributed by atoms with E-state index >= 15 is 0 Å². The number of thioether (sulfide) groups is 1. The van der Waals surface area contributed by atoms with Crippen LogP contribution in [0.15, 0.2) is 59.5 Å². The summed E-state index contributed by atoms with van der Waals surface area (Å²) >= 11 is 1.94. The largest absolute Gasteiger partial charge is 0.378 e. The van der Waals surface area contributed by atoms with Crippen LogP contribution in [-0.2, 0) is 0 Å². The Kier molecular flexibility index (Phi) is 4.92. The first kappa shape index (κ1) is 14.0. The molecule has 2 aromatic rings. The molecule has 19 heavy (non-hydrogen) atoms. The van der Waals surface area contributed by atoms with Crippen molar-refractivity contribution < 1.29 is 0 Å². The van der Waals surface area contributed by atoms with Gasteiger partial charge in [-0.05, 0) is 36.2 Å². The molecular weight excluding hydrogens is 250 g/mol. The molecule has 0 aliphatic carbocycles. The summed E-state index contributed by atoms with van der Waals surface area (Å²) in [6, 6.07) is 19.5. The zero-order valence-corrected chi connectivity index (χ0v) is 12.7. The maximum Gasteiger partial charge on any atom is 0.0361 e. The standard InChI is InChI=1S/C17H21NS/c1-4-17(19-16-8-6-5-7-9-16)14-10-12-15(13-11-14)18(2)3/h5-13,17H,4H2,1-3H3. The lowest BCUT2D eigenvalue weighted by molar-refractivity contribution is 0.894. The van der Waals surface area contributed by atoms with Crippen LogP contribution in [0.3, 0.4) is 0 Å². The maximum atomic E-state index is 2.25. The third-order valence-corrected chi connectivity index (χ3v) is 4.61. The second-order valence-corrected chi connectivity index (χ2v) is 6.09. The second kappa shape index (κ2) is 6.67. The highest BCUT2D eigenvalue weighted by atomic mass is 32.2. The van der Waals surface area contributed by atoms with Crippen molar-refractivity contribution in [2.24, 2.45) is 0 Å². The van der Waals surface area contributed by atoms with Crippen molar-refractivity contribution in [1.82, 2.24) is 0 Å². The van der Waals surface area contributed by atoms with Crippen molar-refractivity contribution in [2.75, 3.05) is 19.0 Å². The number of hydrogen-bond acceptors (Lipinski definition) is 2. The average Bonchev–Trinajstić information content (AvgIpc) is 2.46. The third-order valence-electron chi connectivity index (χ3n) is 3.17. The van der Waals surface area contributed by atoms with Crippen molar-refractivity contribution in [3.63, 3.8) is 0 Å². The summed E-state index contributed by atoms with van der Waals surface area (Å²) in [6.07, 6.45) is 1.14. The van der Waals surface area contributed by atoms with Gasteiger partial charge < -0.3 is 4.90 Å². The van der Waals surface area contributed by atoms with Gasteiger partial charge in [-0.15, -0.1) is 11.8 Å². The molecule has 2 aromatic carbocycles. The Morgan fingerprint density at radius 2 is 1.58 bits per heavy atom. The van der Waals surface area contributed by atoms with Crippen molar-refractivity contribution >= 4 is 17.4 Å². The fourth-order valence-corrected chi connectivity index (χ4v) is 3.14. The van der Waals surface area contributed by atoms with Gasteiger partial charge in [0.25, 0.3) is 0 Å². The molecule has 0 radical (unpaired) electrons. The van der Waals surface area contributed by atoms with Gasteiger partial charge in [0.05, 0.1) is 0 Å². The van der Waals surface area contributed by atoms with Gasteiger partial charge in [0, 0.05) is 29.9 Å². The summed E-state index contributed by atoms with van der Waals surface area (Å²) in [6.45, 7) is 2.25. The number of hydrogen-bond donors (Lipinski definition) is 0. The Hall–Kier alpha value is -1.41. The summed E-state index contributed by atoms with van der Waals surface area (Å²) in [4.78, 5) is 3.47. The Bertz CT molecular complexity index is 490. The molecule has 0 saturated carbocycles. The average molecular weight is 271 g/mol. The Morgan fingerprint density at radius 1 is 0.947 bits per heavy atom. The van der Waals surface area contributed by atoms with E-state index in [0.717, 1.165) is 6.42 Å². The quantitative estimate of drug-likeness (QED) is 0.704. The second-order valence-electron chi connectivity index (χ2n) is 4.81. The summed E-state index contributed by atoms with van der Waals surface area (Å²) in [5.41, 5.74) is 2.66. The summed E-state index contributed by atoms with van der Waals surface area (Å²) in [5, 5.41) is 0.526. The minimum absolute atomic E-state index is 0.526. The topological polar surface area (TPSA) is 3.24 Å². The molecular formula is C17H21NS. The lowest BCUT2D eigenvalue weighted by atomic mass is 10.1. The summed E-state index contributed by atoms with van der Waals surface area (Å²) in [5.74, 6) is 0. The lowest BCUT2D eigenvalue weighted by Crippen LogP contribution is -2.08. The molecule has 0 amide bonds. The van der Waals surface area contributed by atoms with Crippen LogP contribution in [-0.4, -0.2) is 14.1 Å². The third kappa shape index (κ3) is 3.77. The van der Waals surface area contributed by atoms with Crippen LogP contribution >= 0.6 is 11.8 Å². The Balaban J connectivity index is 2.13. The van der Waals surface area contributed by atoms with Crippen molar-refractivity contribution in [3.8, 4) is 0 Å². The Morgan fingerprint density at radius 3 is 2.11 bits per heavy atom. The zero-order chi connectivity index (χ0) is 13.7. The number of benzene rings is 2. The lowest BCUT2D eigenvalue weighted by Gasteiger charge is -2.17. The van der Waals surface area contributed by atoms with Crippen molar-refractivity contribution in [3.05, 3.63) is 60.2 Å². The van der Waals surface area contributed by atoms with Crippen LogP contribution in [0.5, 0.6) is 0 Å². The van der Waals surface area contributed by atoms with E-state index in [9.17, 15) is 0 Å². The van der Waals surface area contributed by atoms with Gasteiger partial charge in [0.15, 0.2) is 0 Å².